The third-order valence-electron chi connectivity index (χ3n) is 3.47. The zero-order valence-corrected chi connectivity index (χ0v) is 13.6. The van der Waals surface area contributed by atoms with Crippen molar-refractivity contribution < 1.29 is 19.8 Å². The molecule has 2 atom stereocenters. The number of carbonyl (C=O) groups is 2. The molecule has 8 nitrogen and oxygen atoms in total. The van der Waals surface area contributed by atoms with Gasteiger partial charge in [0.2, 0.25) is 0 Å². The second kappa shape index (κ2) is 9.64. The summed E-state index contributed by atoms with van der Waals surface area (Å²) in [4.78, 5) is 20.9. The molecule has 0 amide bonds. The van der Waals surface area contributed by atoms with Gasteiger partial charge in [0, 0.05) is 11.6 Å². The van der Waals surface area contributed by atoms with Crippen LogP contribution in [0.1, 0.15) is 32.2 Å². The summed E-state index contributed by atoms with van der Waals surface area (Å²) in [5.41, 5.74) is 11.2. The molecular formula is C16H24N4O4. The first-order chi connectivity index (χ1) is 11.4. The highest BCUT2D eigenvalue weighted by atomic mass is 16.4. The molecule has 132 valence electrons. The Balaban J connectivity index is 0.000000257. The second-order valence-corrected chi connectivity index (χ2v) is 5.41. The van der Waals surface area contributed by atoms with Crippen LogP contribution in [0.2, 0.25) is 0 Å². The minimum atomic E-state index is -0.933. The summed E-state index contributed by atoms with van der Waals surface area (Å²) in [5, 5.41) is 22.3. The fraction of sp³-hybridized carbons (Fsp3) is 0.438. The average molecular weight is 336 g/mol. The minimum Gasteiger partial charge on any atom is -0.480 e. The first-order valence-corrected chi connectivity index (χ1v) is 7.72. The Hall–Kier alpha value is -2.45. The van der Waals surface area contributed by atoms with Gasteiger partial charge in [-0.1, -0.05) is 24.6 Å². The predicted molar refractivity (Wildman–Crippen MR) is 90.6 cm³/mol. The van der Waals surface area contributed by atoms with Gasteiger partial charge in [0.1, 0.15) is 12.1 Å². The molecule has 24 heavy (non-hydrogen) atoms. The molecule has 0 aliphatic rings. The number of rotatable bonds is 7. The molecule has 1 unspecified atom stereocenters. The van der Waals surface area contributed by atoms with Gasteiger partial charge in [-0.3, -0.25) is 9.48 Å². The third kappa shape index (κ3) is 5.98. The SMILES string of the molecule is CC(C(=O)O)n1cc2ccccc2n1.NCCCC[C@H](N)C(=O)O. The Morgan fingerprint density at radius 2 is 1.88 bits per heavy atom. The van der Waals surface area contributed by atoms with E-state index < -0.39 is 24.0 Å². The molecule has 1 aromatic carbocycles. The van der Waals surface area contributed by atoms with Gasteiger partial charge in [-0.25, -0.2) is 4.79 Å². The Kier molecular flexibility index (Phi) is 7.87. The van der Waals surface area contributed by atoms with Crippen LogP contribution < -0.4 is 11.5 Å². The van der Waals surface area contributed by atoms with Gasteiger partial charge < -0.3 is 21.7 Å². The van der Waals surface area contributed by atoms with Crippen LogP contribution in [0.4, 0.5) is 0 Å². The zero-order chi connectivity index (χ0) is 18.1. The molecule has 0 fully saturated rings. The van der Waals surface area contributed by atoms with Crippen molar-refractivity contribution >= 4 is 22.8 Å². The first-order valence-electron chi connectivity index (χ1n) is 7.72. The molecule has 0 saturated heterocycles. The Labute approximate surface area is 140 Å². The Morgan fingerprint density at radius 1 is 1.21 bits per heavy atom. The van der Waals surface area contributed by atoms with E-state index in [4.69, 9.17) is 21.7 Å². The van der Waals surface area contributed by atoms with E-state index in [1.165, 1.54) is 4.68 Å². The van der Waals surface area contributed by atoms with Crippen molar-refractivity contribution in [2.75, 3.05) is 6.54 Å². The molecule has 6 N–H and O–H groups in total. The topological polar surface area (TPSA) is 144 Å². The molecule has 0 aliphatic carbocycles. The molecule has 1 heterocycles. The van der Waals surface area contributed by atoms with Crippen LogP contribution in [0.5, 0.6) is 0 Å². The van der Waals surface area contributed by atoms with Crippen LogP contribution in [0.15, 0.2) is 30.5 Å². The van der Waals surface area contributed by atoms with Gasteiger partial charge in [0.15, 0.2) is 0 Å². The molecule has 0 spiro atoms. The summed E-state index contributed by atoms with van der Waals surface area (Å²) >= 11 is 0. The molecule has 8 heteroatoms. The van der Waals surface area contributed by atoms with E-state index >= 15 is 0 Å². The maximum atomic E-state index is 10.7. The van der Waals surface area contributed by atoms with Gasteiger partial charge in [-0.05, 0) is 32.4 Å². The maximum absolute atomic E-state index is 10.7. The first kappa shape index (κ1) is 19.6. The lowest BCUT2D eigenvalue weighted by Crippen LogP contribution is -2.29. The number of aliphatic carboxylic acids is 2. The quantitative estimate of drug-likeness (QED) is 0.556. The molecule has 1 aromatic heterocycles. The second-order valence-electron chi connectivity index (χ2n) is 5.41. The van der Waals surface area contributed by atoms with E-state index in [0.29, 0.717) is 13.0 Å². The minimum absolute atomic E-state index is 0.520. The number of carboxylic acids is 2. The Morgan fingerprint density at radius 3 is 2.42 bits per heavy atom. The van der Waals surface area contributed by atoms with Gasteiger partial charge in [-0.2, -0.15) is 5.10 Å². The highest BCUT2D eigenvalue weighted by Crippen LogP contribution is 2.14. The van der Waals surface area contributed by atoms with Gasteiger partial charge in [0.05, 0.1) is 5.52 Å². The fourth-order valence-corrected chi connectivity index (χ4v) is 1.93. The monoisotopic (exact) mass is 336 g/mol. The normalized spacial score (nSPS) is 13.0. The van der Waals surface area contributed by atoms with Crippen LogP contribution in [-0.4, -0.2) is 44.5 Å². The maximum Gasteiger partial charge on any atom is 0.328 e. The number of carboxylic acid groups (broad SMARTS) is 2. The van der Waals surface area contributed by atoms with Crippen LogP contribution >= 0.6 is 0 Å². The molecule has 0 saturated carbocycles. The number of aromatic nitrogens is 2. The number of hydrogen-bond donors (Lipinski definition) is 4. The van der Waals surface area contributed by atoms with Crippen molar-refractivity contribution in [1.82, 2.24) is 9.78 Å². The molecule has 2 rings (SSSR count). The number of fused-ring (bicyclic) bond motifs is 1. The number of nitrogens with zero attached hydrogens (tertiary/aromatic N) is 2. The van der Waals surface area contributed by atoms with E-state index in [9.17, 15) is 9.59 Å². The van der Waals surface area contributed by atoms with Crippen molar-refractivity contribution in [1.29, 1.82) is 0 Å². The van der Waals surface area contributed by atoms with Crippen molar-refractivity contribution in [3.8, 4) is 0 Å². The van der Waals surface area contributed by atoms with Crippen LogP contribution in [0.3, 0.4) is 0 Å². The van der Waals surface area contributed by atoms with E-state index in [1.54, 1.807) is 13.1 Å². The molecule has 0 bridgehead atoms. The van der Waals surface area contributed by atoms with Crippen molar-refractivity contribution in [3.63, 3.8) is 0 Å². The molecule has 2 aromatic rings. The predicted octanol–water partition coefficient (Wildman–Crippen LogP) is 1.21. The van der Waals surface area contributed by atoms with Gasteiger partial charge >= 0.3 is 11.9 Å². The lowest BCUT2D eigenvalue weighted by atomic mass is 10.1. The fourth-order valence-electron chi connectivity index (χ4n) is 1.93. The van der Waals surface area contributed by atoms with Crippen molar-refractivity contribution in [2.24, 2.45) is 11.5 Å². The van der Waals surface area contributed by atoms with E-state index in [2.05, 4.69) is 5.10 Å². The van der Waals surface area contributed by atoms with Crippen LogP contribution in [0.25, 0.3) is 10.9 Å². The zero-order valence-electron chi connectivity index (χ0n) is 13.6. The number of benzene rings is 1. The summed E-state index contributed by atoms with van der Waals surface area (Å²) in [6.07, 6.45) is 3.91. The number of unbranched alkanes of at least 4 members (excludes halogenated alkanes) is 1. The van der Waals surface area contributed by atoms with Gasteiger partial charge in [0.25, 0.3) is 0 Å². The van der Waals surface area contributed by atoms with Crippen molar-refractivity contribution in [3.05, 3.63) is 30.5 Å². The van der Waals surface area contributed by atoms with Crippen molar-refractivity contribution in [2.45, 2.75) is 38.3 Å². The number of hydrogen-bond acceptors (Lipinski definition) is 5. The smallest absolute Gasteiger partial charge is 0.328 e. The standard InChI is InChI=1S/C10H10N2O2.C6H14N2O2/c1-7(10(13)14)12-6-8-4-2-3-5-9(8)11-12;7-4-2-1-3-5(8)6(9)10/h2-7H,1H3,(H,13,14);5H,1-4,7-8H2,(H,9,10)/t;5-/m.0/s1. The largest absolute Gasteiger partial charge is 0.480 e. The highest BCUT2D eigenvalue weighted by Gasteiger charge is 2.14. The molecule has 0 radical (unpaired) electrons. The summed E-state index contributed by atoms with van der Waals surface area (Å²) < 4.78 is 1.47. The van der Waals surface area contributed by atoms with E-state index in [1.807, 2.05) is 24.3 Å². The number of nitrogens with two attached hydrogens (primary N) is 2. The summed E-state index contributed by atoms with van der Waals surface area (Å²) in [5.74, 6) is -1.81. The highest BCUT2D eigenvalue weighted by molar-refractivity contribution is 5.79. The van der Waals surface area contributed by atoms with Crippen LogP contribution in [0, 0.1) is 0 Å². The summed E-state index contributed by atoms with van der Waals surface area (Å²) in [6.45, 7) is 2.21. The van der Waals surface area contributed by atoms with E-state index in [0.717, 1.165) is 23.7 Å². The lowest BCUT2D eigenvalue weighted by molar-refractivity contribution is -0.141. The van der Waals surface area contributed by atoms with Crippen LogP contribution in [-0.2, 0) is 9.59 Å². The summed E-state index contributed by atoms with van der Waals surface area (Å²) in [7, 11) is 0. The van der Waals surface area contributed by atoms with E-state index in [-0.39, 0.29) is 0 Å². The van der Waals surface area contributed by atoms with Gasteiger partial charge in [-0.15, -0.1) is 0 Å². The average Bonchev–Trinajstić information content (AvgIpc) is 2.98. The molecule has 0 aliphatic heterocycles. The third-order valence-corrected chi connectivity index (χ3v) is 3.47. The summed E-state index contributed by atoms with van der Waals surface area (Å²) in [6, 6.07) is 6.22. The lowest BCUT2D eigenvalue weighted by Gasteiger charge is -2.04. The Bertz CT molecular complexity index is 638. The molecular weight excluding hydrogens is 312 g/mol.